The summed E-state index contributed by atoms with van der Waals surface area (Å²) in [5.74, 6) is 0.603. The maximum atomic E-state index is 12.3. The van der Waals surface area contributed by atoms with Crippen molar-refractivity contribution in [2.45, 2.75) is 13.5 Å². The molecule has 3 aromatic rings. The van der Waals surface area contributed by atoms with E-state index >= 15 is 0 Å². The van der Waals surface area contributed by atoms with Crippen LogP contribution in [0.2, 0.25) is 5.02 Å². The molecule has 0 saturated carbocycles. The largest absolute Gasteiger partial charge is 0.489 e. The smallest absolute Gasteiger partial charge is 0.264 e. The number of carbonyl (C=O) groups is 1. The summed E-state index contributed by atoms with van der Waals surface area (Å²) >= 11 is 10.9. The molecule has 1 heterocycles. The highest BCUT2D eigenvalue weighted by Gasteiger charge is 2.24. The Balaban J connectivity index is 1.42. The number of ether oxygens (including phenoxy) is 1. The van der Waals surface area contributed by atoms with E-state index in [1.807, 2.05) is 79.7 Å². The predicted molar refractivity (Wildman–Crippen MR) is 132 cm³/mol. The fourth-order valence-corrected chi connectivity index (χ4v) is 4.13. The number of hydrogen-bond donors (Lipinski definition) is 1. The normalized spacial score (nSPS) is 16.0. The minimum Gasteiger partial charge on any atom is -0.489 e. The summed E-state index contributed by atoms with van der Waals surface area (Å²) in [6.45, 7) is 2.40. The molecule has 1 saturated heterocycles. The molecule has 0 spiro atoms. The molecule has 7 heteroatoms. The molecule has 0 aliphatic carbocycles. The maximum Gasteiger partial charge on any atom is 0.264 e. The molecule has 0 atom stereocenters. The molecule has 0 bridgehead atoms. The van der Waals surface area contributed by atoms with Gasteiger partial charge in [0.1, 0.15) is 12.4 Å². The van der Waals surface area contributed by atoms with Crippen LogP contribution in [0.1, 0.15) is 16.7 Å². The summed E-state index contributed by atoms with van der Waals surface area (Å²) in [7, 11) is 0. The Kier molecular flexibility index (Phi) is 6.80. The van der Waals surface area contributed by atoms with Crippen LogP contribution >= 0.6 is 39.3 Å². The van der Waals surface area contributed by atoms with Gasteiger partial charge < -0.3 is 10.1 Å². The van der Waals surface area contributed by atoms with Crippen molar-refractivity contribution in [2.75, 3.05) is 0 Å². The van der Waals surface area contributed by atoms with E-state index in [1.54, 1.807) is 0 Å². The van der Waals surface area contributed by atoms with Crippen LogP contribution in [0.25, 0.3) is 6.08 Å². The molecule has 1 aliphatic heterocycles. The molecule has 0 aromatic heterocycles. The van der Waals surface area contributed by atoms with E-state index in [1.165, 1.54) is 11.8 Å². The zero-order valence-electron chi connectivity index (χ0n) is 16.6. The molecule has 0 radical (unpaired) electrons. The summed E-state index contributed by atoms with van der Waals surface area (Å²) in [5, 5.41) is 3.99. The van der Waals surface area contributed by atoms with Crippen molar-refractivity contribution in [1.82, 2.24) is 5.32 Å². The molecule has 156 valence electrons. The number of nitrogens with one attached hydrogen (secondary N) is 1. The minimum atomic E-state index is -0.168. The number of benzene rings is 3. The first-order chi connectivity index (χ1) is 15.0. The zero-order chi connectivity index (χ0) is 21.8. The maximum absolute atomic E-state index is 12.3. The van der Waals surface area contributed by atoms with Gasteiger partial charge >= 0.3 is 0 Å². The highest BCUT2D eigenvalue weighted by molar-refractivity contribution is 9.10. The first-order valence-electron chi connectivity index (χ1n) is 9.50. The molecule has 0 unspecified atom stereocenters. The average Bonchev–Trinajstić information content (AvgIpc) is 3.10. The molecule has 4 rings (SSSR count). The monoisotopic (exact) mass is 512 g/mol. The molecular formula is C24H18BrClN2O2S. The number of aliphatic imine (C=N–C) groups is 1. The third-order valence-electron chi connectivity index (χ3n) is 4.61. The number of rotatable bonds is 5. The Labute approximate surface area is 198 Å². The van der Waals surface area contributed by atoms with E-state index < -0.39 is 0 Å². The Bertz CT molecular complexity index is 1180. The summed E-state index contributed by atoms with van der Waals surface area (Å²) in [5.41, 5.74) is 3.62. The zero-order valence-corrected chi connectivity index (χ0v) is 19.7. The van der Waals surface area contributed by atoms with E-state index in [-0.39, 0.29) is 5.91 Å². The van der Waals surface area contributed by atoms with Crippen molar-refractivity contribution < 1.29 is 9.53 Å². The second-order valence-electron chi connectivity index (χ2n) is 6.85. The molecule has 3 aromatic carbocycles. The van der Waals surface area contributed by atoms with E-state index in [4.69, 9.17) is 16.3 Å². The highest BCUT2D eigenvalue weighted by atomic mass is 79.9. The van der Waals surface area contributed by atoms with Crippen molar-refractivity contribution in [3.8, 4) is 5.75 Å². The SMILES string of the molecule is Cc1c(Cl)cccc1N=C1NC(=O)/C(=C/c2ccc(OCc3ccc(Br)cc3)cc2)S1. The van der Waals surface area contributed by atoms with Crippen LogP contribution in [0.4, 0.5) is 5.69 Å². The lowest BCUT2D eigenvalue weighted by Crippen LogP contribution is -2.19. The predicted octanol–water partition coefficient (Wildman–Crippen LogP) is 6.88. The fraction of sp³-hybridized carbons (Fsp3) is 0.0833. The molecular weight excluding hydrogens is 496 g/mol. The van der Waals surface area contributed by atoms with Gasteiger partial charge in [0.2, 0.25) is 0 Å². The number of carbonyl (C=O) groups excluding carboxylic acids is 1. The van der Waals surface area contributed by atoms with Crippen LogP contribution in [-0.2, 0) is 11.4 Å². The van der Waals surface area contributed by atoms with Gasteiger partial charge in [-0.3, -0.25) is 4.79 Å². The Morgan fingerprint density at radius 3 is 2.58 bits per heavy atom. The Morgan fingerprint density at radius 2 is 1.84 bits per heavy atom. The van der Waals surface area contributed by atoms with Gasteiger partial charge in [0.05, 0.1) is 10.6 Å². The lowest BCUT2D eigenvalue weighted by molar-refractivity contribution is -0.115. The topological polar surface area (TPSA) is 50.7 Å². The Hall–Kier alpha value is -2.54. The van der Waals surface area contributed by atoms with Crippen LogP contribution in [-0.4, -0.2) is 11.1 Å². The van der Waals surface area contributed by atoms with Crippen LogP contribution in [0.15, 0.2) is 81.1 Å². The lowest BCUT2D eigenvalue weighted by atomic mass is 10.2. The highest BCUT2D eigenvalue weighted by Crippen LogP contribution is 2.31. The second kappa shape index (κ2) is 9.73. The molecule has 1 N–H and O–H groups in total. The van der Waals surface area contributed by atoms with E-state index in [9.17, 15) is 4.79 Å². The van der Waals surface area contributed by atoms with Crippen LogP contribution in [0, 0.1) is 6.92 Å². The van der Waals surface area contributed by atoms with Gasteiger partial charge in [0, 0.05) is 9.50 Å². The number of halogens is 2. The molecule has 1 aliphatic rings. The van der Waals surface area contributed by atoms with Gasteiger partial charge in [-0.05, 0) is 77.9 Å². The number of hydrogen-bond acceptors (Lipinski definition) is 4. The molecule has 1 fully saturated rings. The van der Waals surface area contributed by atoms with Gasteiger partial charge in [0.15, 0.2) is 5.17 Å². The van der Waals surface area contributed by atoms with Crippen LogP contribution < -0.4 is 10.1 Å². The van der Waals surface area contributed by atoms with E-state index in [0.717, 1.165) is 32.6 Å². The summed E-state index contributed by atoms with van der Waals surface area (Å²) in [4.78, 5) is 17.5. The van der Waals surface area contributed by atoms with Crippen molar-refractivity contribution in [1.29, 1.82) is 0 Å². The second-order valence-corrected chi connectivity index (χ2v) is 9.20. The summed E-state index contributed by atoms with van der Waals surface area (Å²) in [6.07, 6.45) is 1.84. The van der Waals surface area contributed by atoms with Gasteiger partial charge in [0.25, 0.3) is 5.91 Å². The summed E-state index contributed by atoms with van der Waals surface area (Å²) < 4.78 is 6.87. The van der Waals surface area contributed by atoms with Crippen molar-refractivity contribution >= 4 is 62.1 Å². The van der Waals surface area contributed by atoms with E-state index in [2.05, 4.69) is 26.2 Å². The average molecular weight is 514 g/mol. The molecule has 1 amide bonds. The van der Waals surface area contributed by atoms with Gasteiger partial charge in [-0.1, -0.05) is 57.9 Å². The van der Waals surface area contributed by atoms with Crippen LogP contribution in [0.5, 0.6) is 5.75 Å². The first kappa shape index (κ1) is 21.7. The van der Waals surface area contributed by atoms with Crippen molar-refractivity contribution in [3.05, 3.63) is 97.8 Å². The van der Waals surface area contributed by atoms with Crippen molar-refractivity contribution in [3.63, 3.8) is 0 Å². The quantitative estimate of drug-likeness (QED) is 0.378. The Morgan fingerprint density at radius 1 is 1.10 bits per heavy atom. The third-order valence-corrected chi connectivity index (χ3v) is 6.46. The van der Waals surface area contributed by atoms with Crippen LogP contribution in [0.3, 0.4) is 0 Å². The van der Waals surface area contributed by atoms with Gasteiger partial charge in [-0.2, -0.15) is 0 Å². The third kappa shape index (κ3) is 5.58. The molecule has 4 nitrogen and oxygen atoms in total. The standard InChI is InChI=1S/C24H18BrClN2O2S/c1-15-20(26)3-2-4-21(15)27-24-28-23(29)22(31-24)13-16-7-11-19(12-8-16)30-14-17-5-9-18(25)10-6-17/h2-13H,14H2,1H3,(H,27,28,29)/b22-13-. The number of nitrogens with zero attached hydrogens (tertiary/aromatic N) is 1. The van der Waals surface area contributed by atoms with Gasteiger partial charge in [-0.25, -0.2) is 4.99 Å². The summed E-state index contributed by atoms with van der Waals surface area (Å²) in [6, 6.07) is 21.2. The number of amidine groups is 1. The van der Waals surface area contributed by atoms with E-state index in [0.29, 0.717) is 21.7 Å². The van der Waals surface area contributed by atoms with Crippen molar-refractivity contribution in [2.24, 2.45) is 4.99 Å². The molecule has 31 heavy (non-hydrogen) atoms. The van der Waals surface area contributed by atoms with Gasteiger partial charge in [-0.15, -0.1) is 0 Å². The fourth-order valence-electron chi connectivity index (χ4n) is 2.87. The number of amides is 1. The first-order valence-corrected chi connectivity index (χ1v) is 11.5. The minimum absolute atomic E-state index is 0.168. The number of thioether (sulfide) groups is 1. The lowest BCUT2D eigenvalue weighted by Gasteiger charge is -2.07.